The predicted molar refractivity (Wildman–Crippen MR) is 84.5 cm³/mol. The van der Waals surface area contributed by atoms with Crippen LogP contribution in [0.3, 0.4) is 0 Å². The average Bonchev–Trinajstić information content (AvgIpc) is 2.36. The molecule has 0 aliphatic carbocycles. The van der Waals surface area contributed by atoms with Crippen LogP contribution < -0.4 is 5.32 Å². The second-order valence-corrected chi connectivity index (χ2v) is 7.51. The normalized spacial score (nSPS) is 12.4. The fourth-order valence-electron chi connectivity index (χ4n) is 2.03. The van der Waals surface area contributed by atoms with Crippen LogP contribution in [0.15, 0.2) is 29.2 Å². The van der Waals surface area contributed by atoms with Gasteiger partial charge < -0.3 is 5.32 Å². The van der Waals surface area contributed by atoms with Gasteiger partial charge in [-0.2, -0.15) is 4.31 Å². The summed E-state index contributed by atoms with van der Waals surface area (Å²) < 4.78 is 26.9. The maximum Gasteiger partial charge on any atom is 0.243 e. The van der Waals surface area contributed by atoms with Crippen molar-refractivity contribution in [3.63, 3.8) is 0 Å². The second kappa shape index (κ2) is 7.09. The smallest absolute Gasteiger partial charge is 0.243 e. The molecular weight excluding hydrogens is 272 g/mol. The molecule has 0 saturated carbocycles. The van der Waals surface area contributed by atoms with Crippen LogP contribution in [0.2, 0.25) is 0 Å². The van der Waals surface area contributed by atoms with Gasteiger partial charge in [0.05, 0.1) is 4.90 Å². The molecule has 0 fully saturated rings. The highest BCUT2D eigenvalue weighted by atomic mass is 32.2. The molecule has 5 heteroatoms. The fourth-order valence-corrected chi connectivity index (χ4v) is 3.83. The Morgan fingerprint density at radius 3 is 2.05 bits per heavy atom. The molecule has 0 unspecified atom stereocenters. The van der Waals surface area contributed by atoms with Gasteiger partial charge in [0.25, 0.3) is 0 Å². The van der Waals surface area contributed by atoms with E-state index in [2.05, 4.69) is 5.32 Å². The zero-order chi connectivity index (χ0) is 15.3. The maximum atomic E-state index is 12.7. The van der Waals surface area contributed by atoms with E-state index >= 15 is 0 Å². The number of anilines is 1. The van der Waals surface area contributed by atoms with E-state index in [9.17, 15) is 8.42 Å². The first-order valence-electron chi connectivity index (χ1n) is 7.14. The number of sulfonamides is 1. The summed E-state index contributed by atoms with van der Waals surface area (Å²) in [5.41, 5.74) is 0.936. The Balaban J connectivity index is 3.06. The molecule has 1 aromatic rings. The molecule has 0 aliphatic rings. The molecule has 1 N–H and O–H groups in total. The number of nitrogens with one attached hydrogen (secondary N) is 1. The Bertz CT molecular complexity index is 507. The molecule has 114 valence electrons. The van der Waals surface area contributed by atoms with Crippen LogP contribution in [0.25, 0.3) is 0 Å². The Morgan fingerprint density at radius 1 is 1.10 bits per heavy atom. The highest BCUT2D eigenvalue weighted by Gasteiger charge is 2.27. The highest BCUT2D eigenvalue weighted by molar-refractivity contribution is 7.89. The van der Waals surface area contributed by atoms with Gasteiger partial charge in [-0.3, -0.25) is 0 Å². The van der Waals surface area contributed by atoms with Gasteiger partial charge in [0.2, 0.25) is 10.0 Å². The first kappa shape index (κ1) is 17.0. The van der Waals surface area contributed by atoms with Gasteiger partial charge in [-0.1, -0.05) is 13.8 Å². The number of hydrogen-bond donors (Lipinski definition) is 1. The highest BCUT2D eigenvalue weighted by Crippen LogP contribution is 2.21. The Kier molecular flexibility index (Phi) is 6.02. The van der Waals surface area contributed by atoms with E-state index in [4.69, 9.17) is 0 Å². The number of benzene rings is 1. The van der Waals surface area contributed by atoms with Gasteiger partial charge in [-0.25, -0.2) is 8.42 Å². The van der Waals surface area contributed by atoms with E-state index < -0.39 is 10.0 Å². The molecule has 0 aromatic heterocycles. The van der Waals surface area contributed by atoms with Crippen molar-refractivity contribution < 1.29 is 8.42 Å². The topological polar surface area (TPSA) is 49.4 Å². The summed E-state index contributed by atoms with van der Waals surface area (Å²) in [6.07, 6.45) is 0. The molecule has 0 spiro atoms. The number of hydrogen-bond acceptors (Lipinski definition) is 3. The fraction of sp³-hybridized carbons (Fsp3) is 0.600. The van der Waals surface area contributed by atoms with Gasteiger partial charge in [0, 0.05) is 24.8 Å². The quantitative estimate of drug-likeness (QED) is 0.841. The van der Waals surface area contributed by atoms with Crippen LogP contribution in [-0.4, -0.2) is 31.9 Å². The Hall–Kier alpha value is -1.07. The zero-order valence-corrected chi connectivity index (χ0v) is 13.9. The molecule has 0 bridgehead atoms. The first-order valence-corrected chi connectivity index (χ1v) is 8.58. The summed E-state index contributed by atoms with van der Waals surface area (Å²) in [5, 5.41) is 3.16. The lowest BCUT2D eigenvalue weighted by Gasteiger charge is -2.27. The van der Waals surface area contributed by atoms with Crippen LogP contribution in [0, 0.1) is 5.92 Å². The summed E-state index contributed by atoms with van der Waals surface area (Å²) in [4.78, 5) is 0.355. The molecule has 0 radical (unpaired) electrons. The third-order valence-electron chi connectivity index (χ3n) is 2.96. The van der Waals surface area contributed by atoms with Crippen molar-refractivity contribution in [3.05, 3.63) is 24.3 Å². The summed E-state index contributed by atoms with van der Waals surface area (Å²) in [5.74, 6) is 0.299. The van der Waals surface area contributed by atoms with Crippen molar-refractivity contribution in [2.45, 2.75) is 45.6 Å². The van der Waals surface area contributed by atoms with Crippen molar-refractivity contribution in [1.29, 1.82) is 0 Å². The summed E-state index contributed by atoms with van der Waals surface area (Å²) in [7, 11) is -3.42. The third-order valence-corrected chi connectivity index (χ3v) is 5.02. The van der Waals surface area contributed by atoms with Crippen molar-refractivity contribution in [3.8, 4) is 0 Å². The summed E-state index contributed by atoms with van der Waals surface area (Å²) in [6, 6.07) is 6.91. The average molecular weight is 298 g/mol. The van der Waals surface area contributed by atoms with Crippen molar-refractivity contribution >= 4 is 15.7 Å². The third kappa shape index (κ3) is 4.21. The van der Waals surface area contributed by atoms with Crippen molar-refractivity contribution in [2.24, 2.45) is 5.92 Å². The van der Waals surface area contributed by atoms with E-state index in [1.165, 1.54) is 0 Å². The number of rotatable bonds is 7. The van der Waals surface area contributed by atoms with Crippen LogP contribution in [0.5, 0.6) is 0 Å². The molecule has 0 amide bonds. The Morgan fingerprint density at radius 2 is 1.65 bits per heavy atom. The molecule has 0 heterocycles. The minimum absolute atomic E-state index is 0.0455. The van der Waals surface area contributed by atoms with Gasteiger partial charge in [0.1, 0.15) is 0 Å². The second-order valence-electron chi connectivity index (χ2n) is 5.62. The largest absolute Gasteiger partial charge is 0.385 e. The molecule has 0 aliphatic heterocycles. The summed E-state index contributed by atoms with van der Waals surface area (Å²) >= 11 is 0. The molecule has 1 aromatic carbocycles. The van der Waals surface area contributed by atoms with E-state index in [1.54, 1.807) is 16.4 Å². The molecular formula is C15H26N2O2S. The zero-order valence-electron chi connectivity index (χ0n) is 13.1. The van der Waals surface area contributed by atoms with Crippen LogP contribution >= 0.6 is 0 Å². The lowest BCUT2D eigenvalue weighted by Crippen LogP contribution is -2.39. The minimum Gasteiger partial charge on any atom is -0.385 e. The van der Waals surface area contributed by atoms with Gasteiger partial charge in [0.15, 0.2) is 0 Å². The predicted octanol–water partition coefficient (Wildman–Crippen LogP) is 3.17. The molecule has 0 saturated heterocycles. The van der Waals surface area contributed by atoms with E-state index in [1.807, 2.05) is 46.8 Å². The number of nitrogens with zero attached hydrogens (tertiary/aromatic N) is 1. The molecule has 4 nitrogen and oxygen atoms in total. The molecule has 0 atom stereocenters. The SMILES string of the molecule is CCNc1ccc(S(=O)(=O)N(CC(C)C)C(C)C)cc1. The van der Waals surface area contributed by atoms with Gasteiger partial charge >= 0.3 is 0 Å². The standard InChI is InChI=1S/C15H26N2O2S/c1-6-16-14-7-9-15(10-8-14)20(18,19)17(13(4)5)11-12(2)3/h7-10,12-13,16H,6,11H2,1-5H3. The van der Waals surface area contributed by atoms with E-state index in [-0.39, 0.29) is 6.04 Å². The maximum absolute atomic E-state index is 12.7. The van der Waals surface area contributed by atoms with Gasteiger partial charge in [-0.05, 0) is 51.0 Å². The lowest BCUT2D eigenvalue weighted by molar-refractivity contribution is 0.319. The van der Waals surface area contributed by atoms with E-state index in [0.29, 0.717) is 17.4 Å². The van der Waals surface area contributed by atoms with Crippen LogP contribution in [-0.2, 0) is 10.0 Å². The van der Waals surface area contributed by atoms with Crippen molar-refractivity contribution in [2.75, 3.05) is 18.4 Å². The minimum atomic E-state index is -3.42. The summed E-state index contributed by atoms with van der Waals surface area (Å²) in [6.45, 7) is 11.2. The Labute approximate surface area is 123 Å². The van der Waals surface area contributed by atoms with Gasteiger partial charge in [-0.15, -0.1) is 0 Å². The first-order chi connectivity index (χ1) is 9.28. The van der Waals surface area contributed by atoms with Crippen molar-refractivity contribution in [1.82, 2.24) is 4.31 Å². The van der Waals surface area contributed by atoms with Crippen LogP contribution in [0.1, 0.15) is 34.6 Å². The molecule has 1 rings (SSSR count). The van der Waals surface area contributed by atoms with Crippen LogP contribution in [0.4, 0.5) is 5.69 Å². The monoisotopic (exact) mass is 298 g/mol. The molecule has 20 heavy (non-hydrogen) atoms. The van der Waals surface area contributed by atoms with E-state index in [0.717, 1.165) is 12.2 Å². The lowest BCUT2D eigenvalue weighted by atomic mass is 10.2.